The predicted molar refractivity (Wildman–Crippen MR) is 87.1 cm³/mol. The first-order valence-corrected chi connectivity index (χ1v) is 8.02. The number of hydrogen-bond donors (Lipinski definition) is 1. The Kier molecular flexibility index (Phi) is 4.10. The van der Waals surface area contributed by atoms with Crippen LogP contribution in [0.4, 0.5) is 5.82 Å². The smallest absolute Gasteiger partial charge is 0.224 e. The second kappa shape index (κ2) is 6.02. The van der Waals surface area contributed by atoms with E-state index in [1.165, 1.54) is 12.8 Å². The fourth-order valence-electron chi connectivity index (χ4n) is 2.13. The van der Waals surface area contributed by atoms with E-state index in [2.05, 4.69) is 38.1 Å². The first-order chi connectivity index (χ1) is 10.2. The lowest BCUT2D eigenvalue weighted by Crippen LogP contribution is -2.04. The molecule has 0 bridgehead atoms. The number of aromatic nitrogens is 2. The van der Waals surface area contributed by atoms with Crippen LogP contribution in [0.25, 0.3) is 0 Å². The number of rotatable bonds is 5. The van der Waals surface area contributed by atoms with Crippen LogP contribution in [0.3, 0.4) is 0 Å². The molecule has 1 fully saturated rings. The van der Waals surface area contributed by atoms with E-state index in [4.69, 9.17) is 4.74 Å². The van der Waals surface area contributed by atoms with Crippen LogP contribution in [0.1, 0.15) is 37.1 Å². The van der Waals surface area contributed by atoms with Gasteiger partial charge in [-0.2, -0.15) is 4.98 Å². The highest BCUT2D eigenvalue weighted by atomic mass is 79.9. The Labute approximate surface area is 133 Å². The van der Waals surface area contributed by atoms with E-state index in [-0.39, 0.29) is 0 Å². The Morgan fingerprint density at radius 3 is 2.76 bits per heavy atom. The van der Waals surface area contributed by atoms with Crippen molar-refractivity contribution in [2.45, 2.75) is 32.6 Å². The second-order valence-corrected chi connectivity index (χ2v) is 6.18. The summed E-state index contributed by atoms with van der Waals surface area (Å²) >= 11 is 3.46. The first-order valence-electron chi connectivity index (χ1n) is 7.22. The molecule has 0 atom stereocenters. The van der Waals surface area contributed by atoms with E-state index in [0.29, 0.717) is 11.8 Å². The number of halogens is 1. The summed E-state index contributed by atoms with van der Waals surface area (Å²) in [6, 6.07) is 7.81. The van der Waals surface area contributed by atoms with Crippen molar-refractivity contribution in [1.82, 2.24) is 9.97 Å². The van der Waals surface area contributed by atoms with Crippen LogP contribution in [0.2, 0.25) is 0 Å². The molecule has 0 unspecified atom stereocenters. The second-order valence-electron chi connectivity index (χ2n) is 5.27. The largest absolute Gasteiger partial charge is 0.439 e. The third-order valence-electron chi connectivity index (χ3n) is 3.37. The van der Waals surface area contributed by atoms with Crippen LogP contribution < -0.4 is 10.1 Å². The Morgan fingerprint density at radius 1 is 1.29 bits per heavy atom. The lowest BCUT2D eigenvalue weighted by molar-refractivity contribution is 0.455. The molecule has 1 heterocycles. The minimum absolute atomic E-state index is 0.497. The molecular formula is C16H18BrN3O. The predicted octanol–water partition coefficient (Wildman–Crippen LogP) is 4.65. The number of ether oxygens (including phenoxy) is 1. The molecule has 1 aromatic carbocycles. The topological polar surface area (TPSA) is 47.0 Å². The molecular weight excluding hydrogens is 330 g/mol. The van der Waals surface area contributed by atoms with E-state index in [9.17, 15) is 0 Å². The molecule has 1 N–H and O–H groups in total. The van der Waals surface area contributed by atoms with Crippen LogP contribution in [-0.2, 0) is 0 Å². The fraction of sp³-hybridized carbons (Fsp3) is 0.375. The average Bonchev–Trinajstić information content (AvgIpc) is 3.27. The van der Waals surface area contributed by atoms with Crippen LogP contribution in [-0.4, -0.2) is 16.5 Å². The van der Waals surface area contributed by atoms with Gasteiger partial charge in [-0.1, -0.05) is 15.9 Å². The molecule has 0 amide bonds. The zero-order valence-electron chi connectivity index (χ0n) is 12.2. The van der Waals surface area contributed by atoms with Crippen LogP contribution >= 0.6 is 15.9 Å². The normalized spacial score (nSPS) is 14.0. The van der Waals surface area contributed by atoms with Gasteiger partial charge in [0.05, 0.1) is 0 Å². The van der Waals surface area contributed by atoms with Crippen molar-refractivity contribution in [3.63, 3.8) is 0 Å². The summed E-state index contributed by atoms with van der Waals surface area (Å²) in [6.07, 6.45) is 2.35. The van der Waals surface area contributed by atoms with Gasteiger partial charge in [0.1, 0.15) is 17.4 Å². The van der Waals surface area contributed by atoms with Gasteiger partial charge in [0.25, 0.3) is 0 Å². The van der Waals surface area contributed by atoms with Crippen LogP contribution in [0, 0.1) is 6.92 Å². The number of anilines is 1. The molecule has 0 spiro atoms. The van der Waals surface area contributed by atoms with E-state index in [1.807, 2.05) is 31.2 Å². The third-order valence-corrected chi connectivity index (χ3v) is 3.87. The standard InChI is InChI=1S/C16H18BrN3O/c1-3-18-14-9-15(20-16(19-14)11-4-5-11)21-13-7-6-12(17)8-10(13)2/h6-9,11H,3-5H2,1-2H3,(H,18,19,20). The molecule has 1 aliphatic rings. The van der Waals surface area contributed by atoms with Gasteiger partial charge < -0.3 is 10.1 Å². The number of nitrogens with one attached hydrogen (secondary N) is 1. The molecule has 21 heavy (non-hydrogen) atoms. The van der Waals surface area contributed by atoms with Crippen molar-refractivity contribution >= 4 is 21.7 Å². The zero-order chi connectivity index (χ0) is 14.8. The molecule has 3 rings (SSSR count). The molecule has 110 valence electrons. The summed E-state index contributed by atoms with van der Waals surface area (Å²) in [4.78, 5) is 9.11. The quantitative estimate of drug-likeness (QED) is 0.854. The van der Waals surface area contributed by atoms with Gasteiger partial charge in [-0.15, -0.1) is 0 Å². The average molecular weight is 348 g/mol. The van der Waals surface area contributed by atoms with Crippen molar-refractivity contribution < 1.29 is 4.74 Å². The minimum Gasteiger partial charge on any atom is -0.439 e. The summed E-state index contributed by atoms with van der Waals surface area (Å²) < 4.78 is 7.00. The summed E-state index contributed by atoms with van der Waals surface area (Å²) in [5.41, 5.74) is 1.07. The van der Waals surface area contributed by atoms with Crippen molar-refractivity contribution in [1.29, 1.82) is 0 Å². The maximum absolute atomic E-state index is 5.96. The Bertz CT molecular complexity index is 656. The van der Waals surface area contributed by atoms with Crippen molar-refractivity contribution in [2.24, 2.45) is 0 Å². The van der Waals surface area contributed by atoms with E-state index >= 15 is 0 Å². The van der Waals surface area contributed by atoms with E-state index < -0.39 is 0 Å². The first kappa shape index (κ1) is 14.3. The van der Waals surface area contributed by atoms with E-state index in [1.54, 1.807) is 0 Å². The number of hydrogen-bond acceptors (Lipinski definition) is 4. The molecule has 4 nitrogen and oxygen atoms in total. The molecule has 0 saturated heterocycles. The summed E-state index contributed by atoms with van der Waals surface area (Å²) in [7, 11) is 0. The SMILES string of the molecule is CCNc1cc(Oc2ccc(Br)cc2C)nc(C2CC2)n1. The molecule has 1 saturated carbocycles. The van der Waals surface area contributed by atoms with Gasteiger partial charge in [-0.3, -0.25) is 0 Å². The molecule has 0 radical (unpaired) electrons. The summed E-state index contributed by atoms with van der Waals surface area (Å²) in [5.74, 6) is 3.64. The van der Waals surface area contributed by atoms with Gasteiger partial charge >= 0.3 is 0 Å². The monoisotopic (exact) mass is 347 g/mol. The maximum Gasteiger partial charge on any atom is 0.224 e. The number of benzene rings is 1. The number of nitrogens with zero attached hydrogens (tertiary/aromatic N) is 2. The van der Waals surface area contributed by atoms with Gasteiger partial charge in [0.15, 0.2) is 0 Å². The lowest BCUT2D eigenvalue weighted by Gasteiger charge is -2.11. The van der Waals surface area contributed by atoms with Crippen molar-refractivity contribution in [3.05, 3.63) is 40.1 Å². The van der Waals surface area contributed by atoms with Gasteiger partial charge in [-0.25, -0.2) is 4.98 Å². The van der Waals surface area contributed by atoms with E-state index in [0.717, 1.165) is 34.0 Å². The lowest BCUT2D eigenvalue weighted by atomic mass is 10.2. The van der Waals surface area contributed by atoms with Crippen LogP contribution in [0.5, 0.6) is 11.6 Å². The highest BCUT2D eigenvalue weighted by Crippen LogP contribution is 2.39. The fourth-order valence-corrected chi connectivity index (χ4v) is 2.61. The molecule has 2 aromatic rings. The van der Waals surface area contributed by atoms with Gasteiger partial charge in [-0.05, 0) is 50.5 Å². The Balaban J connectivity index is 1.89. The Hall–Kier alpha value is -1.62. The summed E-state index contributed by atoms with van der Waals surface area (Å²) in [6.45, 7) is 4.91. The molecule has 1 aromatic heterocycles. The molecule has 0 aliphatic heterocycles. The molecule has 5 heteroatoms. The van der Waals surface area contributed by atoms with Crippen molar-refractivity contribution in [2.75, 3.05) is 11.9 Å². The van der Waals surface area contributed by atoms with Crippen molar-refractivity contribution in [3.8, 4) is 11.6 Å². The highest BCUT2D eigenvalue weighted by molar-refractivity contribution is 9.10. The Morgan fingerprint density at radius 2 is 2.10 bits per heavy atom. The maximum atomic E-state index is 5.96. The molecule has 1 aliphatic carbocycles. The highest BCUT2D eigenvalue weighted by Gasteiger charge is 2.27. The third kappa shape index (κ3) is 3.53. The summed E-state index contributed by atoms with van der Waals surface area (Å²) in [5, 5.41) is 3.24. The minimum atomic E-state index is 0.497. The van der Waals surface area contributed by atoms with Gasteiger partial charge in [0, 0.05) is 23.0 Å². The van der Waals surface area contributed by atoms with Crippen LogP contribution in [0.15, 0.2) is 28.7 Å². The number of aryl methyl sites for hydroxylation is 1. The zero-order valence-corrected chi connectivity index (χ0v) is 13.8. The van der Waals surface area contributed by atoms with Gasteiger partial charge in [0.2, 0.25) is 5.88 Å².